The molecule has 0 atom stereocenters. The number of hydrogen-bond acceptors (Lipinski definition) is 9. The summed E-state index contributed by atoms with van der Waals surface area (Å²) < 4.78 is 2.28. The van der Waals surface area contributed by atoms with E-state index in [2.05, 4.69) is 101 Å². The Hall–Kier alpha value is -3.51. The van der Waals surface area contributed by atoms with Gasteiger partial charge < -0.3 is 35.1 Å². The van der Waals surface area contributed by atoms with Crippen LogP contribution in [-0.2, 0) is 6.54 Å². The van der Waals surface area contributed by atoms with Crippen molar-refractivity contribution >= 4 is 51.2 Å². The predicted molar refractivity (Wildman–Crippen MR) is 204 cm³/mol. The molecule has 0 aliphatic carbocycles. The van der Waals surface area contributed by atoms with Crippen LogP contribution in [0.5, 0.6) is 0 Å². The topological polar surface area (TPSA) is 94.5 Å². The van der Waals surface area contributed by atoms with Gasteiger partial charge in [-0.25, -0.2) is 0 Å². The molecule has 4 rings (SSSR count). The molecule has 0 bridgehead atoms. The maximum absolute atomic E-state index is 9.32. The number of pyridine rings is 1. The fraction of sp³-hybridized carbons (Fsp3) is 0.342. The zero-order valence-electron chi connectivity index (χ0n) is 27.6. The molecule has 10 heteroatoms. The van der Waals surface area contributed by atoms with Crippen LogP contribution >= 0.6 is 21.6 Å². The highest BCUT2D eigenvalue weighted by Gasteiger charge is 2.11. The van der Waals surface area contributed by atoms with Crippen LogP contribution in [0, 0.1) is 0 Å². The van der Waals surface area contributed by atoms with Gasteiger partial charge >= 0.3 is 0 Å². The first kappa shape index (κ1) is 37.3. The number of rotatable bonds is 21. The number of nitrogens with zero attached hydrogens (tertiary/aromatic N) is 4. The molecule has 8 nitrogen and oxygen atoms in total. The summed E-state index contributed by atoms with van der Waals surface area (Å²) in [5, 5.41) is 37.3. The van der Waals surface area contributed by atoms with Crippen molar-refractivity contribution < 1.29 is 25.0 Å². The molecule has 0 fully saturated rings. The fourth-order valence-electron chi connectivity index (χ4n) is 5.37. The molecule has 1 aliphatic rings. The van der Waals surface area contributed by atoms with Crippen molar-refractivity contribution in [1.82, 2.24) is 4.90 Å². The van der Waals surface area contributed by atoms with E-state index in [1.54, 1.807) is 0 Å². The number of aryl methyl sites for hydroxylation is 1. The van der Waals surface area contributed by atoms with Gasteiger partial charge in [-0.1, -0.05) is 64.1 Å². The lowest BCUT2D eigenvalue weighted by Gasteiger charge is -2.26. The lowest BCUT2D eigenvalue weighted by Crippen LogP contribution is -2.37. The summed E-state index contributed by atoms with van der Waals surface area (Å²) >= 11 is 0. The Morgan fingerprint density at radius 3 is 1.81 bits per heavy atom. The van der Waals surface area contributed by atoms with Gasteiger partial charge in [0.05, 0.1) is 32.2 Å². The molecule has 0 unspecified atom stereocenters. The molecule has 0 saturated heterocycles. The standard InChI is InChI=1S/C38H49N4O4S2/c43-27-21-41(22-28-44)37-15-9-33(10-16-37)7-13-35-5-1-3-19-39(35)25-31-47-48-32-26-40-20-4-2-6-36(40)14-8-34-11-17-38(18-12-34)42(23-29-45)24-30-46/h1-19,43-46H,20-32H2/q+1. The third-order valence-corrected chi connectivity index (χ3v) is 10.3. The van der Waals surface area contributed by atoms with Crippen LogP contribution in [0.25, 0.3) is 18.2 Å². The average molecular weight is 690 g/mol. The first-order valence-electron chi connectivity index (χ1n) is 16.5. The number of allylic oxidation sites excluding steroid dienone is 3. The minimum atomic E-state index is 0.0521. The van der Waals surface area contributed by atoms with Gasteiger partial charge in [0.25, 0.3) is 0 Å². The Balaban J connectivity index is 1.21. The Bertz CT molecular complexity index is 1470. The van der Waals surface area contributed by atoms with Crippen LogP contribution in [0.15, 0.2) is 103 Å². The minimum absolute atomic E-state index is 0.0521. The second-order valence-corrected chi connectivity index (χ2v) is 13.8. The van der Waals surface area contributed by atoms with E-state index in [4.69, 9.17) is 0 Å². The summed E-state index contributed by atoms with van der Waals surface area (Å²) in [5.74, 6) is 2.03. The smallest absolute Gasteiger partial charge is 0.205 e. The van der Waals surface area contributed by atoms with Crippen molar-refractivity contribution in [2.24, 2.45) is 0 Å². The van der Waals surface area contributed by atoms with E-state index in [-0.39, 0.29) is 26.4 Å². The second kappa shape index (κ2) is 21.5. The summed E-state index contributed by atoms with van der Waals surface area (Å²) in [5.41, 5.74) is 6.54. The Morgan fingerprint density at radius 2 is 1.23 bits per heavy atom. The molecule has 1 aliphatic heterocycles. The lowest BCUT2D eigenvalue weighted by atomic mass is 10.1. The monoisotopic (exact) mass is 689 g/mol. The van der Waals surface area contributed by atoms with Crippen LogP contribution in [0.3, 0.4) is 0 Å². The molecule has 0 amide bonds. The van der Waals surface area contributed by atoms with Crippen LogP contribution in [0.1, 0.15) is 16.8 Å². The molecule has 256 valence electrons. The second-order valence-electron chi connectivity index (χ2n) is 11.1. The van der Waals surface area contributed by atoms with Crippen molar-refractivity contribution in [1.29, 1.82) is 0 Å². The molecule has 2 aromatic carbocycles. The fourth-order valence-corrected chi connectivity index (χ4v) is 7.33. The summed E-state index contributed by atoms with van der Waals surface area (Å²) in [6, 6.07) is 22.7. The first-order chi connectivity index (χ1) is 23.6. The molecule has 0 saturated carbocycles. The molecule has 0 spiro atoms. The van der Waals surface area contributed by atoms with E-state index in [1.165, 1.54) is 5.70 Å². The van der Waals surface area contributed by atoms with Crippen molar-refractivity contribution in [3.05, 3.63) is 120 Å². The molecular weight excluding hydrogens is 641 g/mol. The van der Waals surface area contributed by atoms with E-state index in [0.717, 1.165) is 59.3 Å². The molecule has 2 heterocycles. The number of aliphatic hydroxyl groups is 4. The first-order valence-corrected chi connectivity index (χ1v) is 19.0. The van der Waals surface area contributed by atoms with Crippen molar-refractivity contribution in [2.45, 2.75) is 6.54 Å². The highest BCUT2D eigenvalue weighted by molar-refractivity contribution is 8.76. The van der Waals surface area contributed by atoms with E-state index in [0.29, 0.717) is 26.2 Å². The van der Waals surface area contributed by atoms with Gasteiger partial charge in [0.15, 0.2) is 12.7 Å². The quantitative estimate of drug-likeness (QED) is 0.0729. The number of hydrogen-bond donors (Lipinski definition) is 4. The normalized spacial score (nSPS) is 13.1. The van der Waals surface area contributed by atoms with Gasteiger partial charge in [-0.3, -0.25) is 0 Å². The van der Waals surface area contributed by atoms with Gasteiger partial charge in [0.2, 0.25) is 5.69 Å². The van der Waals surface area contributed by atoms with E-state index < -0.39 is 0 Å². The van der Waals surface area contributed by atoms with Crippen molar-refractivity contribution in [2.75, 3.05) is 87.0 Å². The maximum Gasteiger partial charge on any atom is 0.205 e. The number of benzene rings is 2. The maximum atomic E-state index is 9.32. The molecule has 1 aromatic heterocycles. The average Bonchev–Trinajstić information content (AvgIpc) is 3.12. The number of aliphatic hydroxyl groups excluding tert-OH is 4. The van der Waals surface area contributed by atoms with Crippen LogP contribution < -0.4 is 14.4 Å². The van der Waals surface area contributed by atoms with E-state index >= 15 is 0 Å². The zero-order chi connectivity index (χ0) is 33.8. The van der Waals surface area contributed by atoms with E-state index in [9.17, 15) is 20.4 Å². The largest absolute Gasteiger partial charge is 0.395 e. The Labute approximate surface area is 293 Å². The van der Waals surface area contributed by atoms with Gasteiger partial charge in [0, 0.05) is 80.3 Å². The highest BCUT2D eigenvalue weighted by Crippen LogP contribution is 2.23. The molecule has 4 N–H and O–H groups in total. The summed E-state index contributed by atoms with van der Waals surface area (Å²) in [7, 11) is 3.82. The van der Waals surface area contributed by atoms with Crippen LogP contribution in [0.4, 0.5) is 11.4 Å². The van der Waals surface area contributed by atoms with Crippen molar-refractivity contribution in [3.63, 3.8) is 0 Å². The van der Waals surface area contributed by atoms with E-state index in [1.807, 2.05) is 55.7 Å². The Kier molecular flexibility index (Phi) is 16.7. The van der Waals surface area contributed by atoms with Gasteiger partial charge in [-0.15, -0.1) is 0 Å². The van der Waals surface area contributed by atoms with Gasteiger partial charge in [-0.05, 0) is 59.7 Å². The van der Waals surface area contributed by atoms with Gasteiger partial charge in [0.1, 0.15) is 0 Å². The molecular formula is C38H49N4O4S2+. The predicted octanol–water partition coefficient (Wildman–Crippen LogP) is 4.58. The zero-order valence-corrected chi connectivity index (χ0v) is 29.2. The number of aromatic nitrogens is 1. The summed E-state index contributed by atoms with van der Waals surface area (Å²) in [4.78, 5) is 6.36. The summed E-state index contributed by atoms with van der Waals surface area (Å²) in [6.45, 7) is 5.00. The summed E-state index contributed by atoms with van der Waals surface area (Å²) in [6.07, 6.45) is 17.2. The number of anilines is 2. The van der Waals surface area contributed by atoms with Crippen molar-refractivity contribution in [3.8, 4) is 0 Å². The third kappa shape index (κ3) is 12.2. The van der Waals surface area contributed by atoms with Crippen LogP contribution in [-0.4, -0.2) is 103 Å². The molecule has 48 heavy (non-hydrogen) atoms. The van der Waals surface area contributed by atoms with Gasteiger partial charge in [-0.2, -0.15) is 4.57 Å². The Morgan fingerprint density at radius 1 is 0.667 bits per heavy atom. The SMILES string of the molecule is OCCN(CCO)c1ccc(C=CC2=CC=CCN2CCSSCC[n+]2ccccc2C=Cc2ccc(N(CCO)CCO)cc2)cc1. The minimum Gasteiger partial charge on any atom is -0.395 e. The highest BCUT2D eigenvalue weighted by atomic mass is 33.1. The molecule has 0 radical (unpaired) electrons. The lowest BCUT2D eigenvalue weighted by molar-refractivity contribution is -0.694. The van der Waals surface area contributed by atoms with Crippen LogP contribution in [0.2, 0.25) is 0 Å². The third-order valence-electron chi connectivity index (χ3n) is 7.90. The molecule has 3 aromatic rings.